The highest BCUT2D eigenvalue weighted by molar-refractivity contribution is 5.21. The number of hydrogen-bond donors (Lipinski definition) is 0. The molecular weight excluding hydrogens is 366 g/mol. The van der Waals surface area contributed by atoms with Crippen molar-refractivity contribution in [2.75, 3.05) is 28.4 Å². The summed E-state index contributed by atoms with van der Waals surface area (Å²) in [6.45, 7) is 18.8. The highest BCUT2D eigenvalue weighted by Gasteiger charge is 2.25. The number of ether oxygens (including phenoxy) is 4. The first-order valence-corrected chi connectivity index (χ1v) is 9.99. The fraction of sp³-hybridized carbons (Fsp3) is 0.625. The molecule has 5 nitrogen and oxygen atoms in total. The largest absolute Gasteiger partial charge is 0.381 e. The van der Waals surface area contributed by atoms with Gasteiger partial charge in [-0.2, -0.15) is 0 Å². The molecule has 0 saturated heterocycles. The zero-order valence-electron chi connectivity index (χ0n) is 19.0. The molecule has 0 radical (unpaired) electrons. The van der Waals surface area contributed by atoms with Gasteiger partial charge in [0.1, 0.15) is 0 Å². The molecule has 164 valence electrons. The lowest BCUT2D eigenvalue weighted by Gasteiger charge is -2.29. The van der Waals surface area contributed by atoms with Crippen molar-refractivity contribution in [1.82, 2.24) is 0 Å². The highest BCUT2D eigenvalue weighted by atomic mass is 16.5. The first-order chi connectivity index (χ1) is 13.9. The van der Waals surface area contributed by atoms with Crippen molar-refractivity contribution in [1.29, 1.82) is 0 Å². The van der Waals surface area contributed by atoms with Gasteiger partial charge in [0.25, 0.3) is 0 Å². The van der Waals surface area contributed by atoms with Crippen molar-refractivity contribution in [3.05, 3.63) is 60.1 Å². The Morgan fingerprint density at radius 1 is 1.00 bits per heavy atom. The van der Waals surface area contributed by atoms with E-state index in [9.17, 15) is 0 Å². The summed E-state index contributed by atoms with van der Waals surface area (Å²) in [5.41, 5.74) is 1.57. The lowest BCUT2D eigenvalue weighted by molar-refractivity contribution is -0.0327. The Hall–Kier alpha value is -1.71. The summed E-state index contributed by atoms with van der Waals surface area (Å²) in [6.07, 6.45) is 10.5. The van der Waals surface area contributed by atoms with Crippen LogP contribution in [0.5, 0.6) is 0 Å². The van der Waals surface area contributed by atoms with Gasteiger partial charge in [0.05, 0.1) is 31.0 Å². The molecule has 0 aliphatic carbocycles. The lowest BCUT2D eigenvalue weighted by atomic mass is 9.94. The number of allylic oxidation sites excluding steroid dienone is 3. The van der Waals surface area contributed by atoms with E-state index in [1.165, 1.54) is 0 Å². The van der Waals surface area contributed by atoms with Crippen LogP contribution in [-0.4, -0.2) is 52.9 Å². The standard InChI is InChI=1S/C24H39NO4/c1-10-18(2)23(28-8)16-21(26-6)15-22(27-7)17-24(29-9)19(3)13-11-12-14-20(4)25-5/h10-11,13-14,18,21-24H,1,3,12,15-17H2,2,4,6-9H3. The summed E-state index contributed by atoms with van der Waals surface area (Å²) < 4.78 is 22.7. The van der Waals surface area contributed by atoms with Crippen molar-refractivity contribution < 1.29 is 18.9 Å². The third kappa shape index (κ3) is 11.2. The van der Waals surface area contributed by atoms with Crippen LogP contribution in [-0.2, 0) is 18.9 Å². The quantitative estimate of drug-likeness (QED) is 0.197. The van der Waals surface area contributed by atoms with E-state index in [0.717, 1.165) is 18.4 Å². The zero-order valence-corrected chi connectivity index (χ0v) is 19.0. The van der Waals surface area contributed by atoms with Crippen LogP contribution in [0.2, 0.25) is 0 Å². The second-order valence-corrected chi connectivity index (χ2v) is 7.19. The van der Waals surface area contributed by atoms with Crippen LogP contribution in [0.3, 0.4) is 0 Å². The molecule has 0 saturated carbocycles. The van der Waals surface area contributed by atoms with Crippen LogP contribution in [0.4, 0.5) is 0 Å². The van der Waals surface area contributed by atoms with E-state index < -0.39 is 0 Å². The number of nitrogens with zero attached hydrogens (tertiary/aromatic N) is 1. The van der Waals surface area contributed by atoms with Gasteiger partial charge < -0.3 is 18.9 Å². The number of methoxy groups -OCH3 is 4. The average Bonchev–Trinajstić information content (AvgIpc) is 2.75. The summed E-state index contributed by atoms with van der Waals surface area (Å²) in [6, 6.07) is 0. The molecule has 5 atom stereocenters. The van der Waals surface area contributed by atoms with Gasteiger partial charge in [-0.25, -0.2) is 4.85 Å². The molecule has 0 aliphatic rings. The molecule has 0 aromatic heterocycles. The van der Waals surface area contributed by atoms with E-state index >= 15 is 0 Å². The van der Waals surface area contributed by atoms with E-state index in [2.05, 4.69) is 24.9 Å². The molecule has 0 amide bonds. The Morgan fingerprint density at radius 3 is 2.10 bits per heavy atom. The minimum Gasteiger partial charge on any atom is -0.381 e. The Bertz CT molecular complexity index is 576. The average molecular weight is 406 g/mol. The van der Waals surface area contributed by atoms with Crippen molar-refractivity contribution in [3.8, 4) is 0 Å². The molecule has 0 bridgehead atoms. The predicted molar refractivity (Wildman–Crippen MR) is 120 cm³/mol. The first kappa shape index (κ1) is 27.3. The second kappa shape index (κ2) is 16.1. The van der Waals surface area contributed by atoms with Gasteiger partial charge in [0.2, 0.25) is 0 Å². The summed E-state index contributed by atoms with van der Waals surface area (Å²) in [4.78, 5) is 3.37. The molecule has 5 unspecified atom stereocenters. The SMILES string of the molecule is [C-]#[N+]C(C)=CCC=CC(=C)C(CC(CC(CC(OC)C(C)C=C)OC)OC)OC. The molecule has 0 fully saturated rings. The number of rotatable bonds is 16. The van der Waals surface area contributed by atoms with Gasteiger partial charge in [-0.3, -0.25) is 0 Å². The van der Waals surface area contributed by atoms with Gasteiger partial charge >= 0.3 is 0 Å². The minimum atomic E-state index is -0.148. The molecule has 0 heterocycles. The third-order valence-electron chi connectivity index (χ3n) is 5.18. The predicted octanol–water partition coefficient (Wildman–Crippen LogP) is 5.36. The topological polar surface area (TPSA) is 41.3 Å². The summed E-state index contributed by atoms with van der Waals surface area (Å²) in [7, 11) is 6.83. The van der Waals surface area contributed by atoms with Crippen molar-refractivity contribution in [3.63, 3.8) is 0 Å². The summed E-state index contributed by atoms with van der Waals surface area (Å²) >= 11 is 0. The van der Waals surface area contributed by atoms with Crippen molar-refractivity contribution >= 4 is 0 Å². The van der Waals surface area contributed by atoms with Gasteiger partial charge in [0, 0.05) is 47.2 Å². The summed E-state index contributed by atoms with van der Waals surface area (Å²) in [5, 5.41) is 0. The van der Waals surface area contributed by atoms with E-state index in [4.69, 9.17) is 25.5 Å². The van der Waals surface area contributed by atoms with E-state index in [0.29, 0.717) is 18.5 Å². The molecule has 5 heteroatoms. The minimum absolute atomic E-state index is 0.00958. The van der Waals surface area contributed by atoms with E-state index in [-0.39, 0.29) is 30.3 Å². The molecule has 29 heavy (non-hydrogen) atoms. The van der Waals surface area contributed by atoms with Gasteiger partial charge in [-0.1, -0.05) is 37.8 Å². The Balaban J connectivity index is 4.88. The van der Waals surface area contributed by atoms with E-state index in [1.807, 2.05) is 24.3 Å². The highest BCUT2D eigenvalue weighted by Crippen LogP contribution is 2.22. The van der Waals surface area contributed by atoms with Crippen molar-refractivity contribution in [2.45, 2.75) is 63.9 Å². The van der Waals surface area contributed by atoms with Crippen LogP contribution in [0.25, 0.3) is 4.85 Å². The maximum absolute atomic E-state index is 6.94. The van der Waals surface area contributed by atoms with Crippen LogP contribution < -0.4 is 0 Å². The molecule has 0 rings (SSSR count). The molecule has 0 N–H and O–H groups in total. The Labute approximate surface area is 177 Å². The fourth-order valence-electron chi connectivity index (χ4n) is 3.06. The fourth-order valence-corrected chi connectivity index (χ4v) is 3.06. The zero-order chi connectivity index (χ0) is 22.2. The van der Waals surface area contributed by atoms with Crippen LogP contribution in [0.15, 0.2) is 48.7 Å². The smallest absolute Gasteiger partial charge is 0.159 e. The van der Waals surface area contributed by atoms with Crippen LogP contribution in [0, 0.1) is 12.5 Å². The van der Waals surface area contributed by atoms with E-state index in [1.54, 1.807) is 35.4 Å². The molecule has 0 spiro atoms. The monoisotopic (exact) mass is 405 g/mol. The third-order valence-corrected chi connectivity index (χ3v) is 5.18. The maximum atomic E-state index is 6.94. The lowest BCUT2D eigenvalue weighted by Crippen LogP contribution is -2.31. The van der Waals surface area contributed by atoms with Gasteiger partial charge in [-0.15, -0.1) is 6.58 Å². The second-order valence-electron chi connectivity index (χ2n) is 7.19. The Kier molecular flexibility index (Phi) is 15.2. The van der Waals surface area contributed by atoms with Gasteiger partial charge in [0.15, 0.2) is 5.70 Å². The van der Waals surface area contributed by atoms with Gasteiger partial charge in [-0.05, 0) is 25.3 Å². The van der Waals surface area contributed by atoms with Crippen LogP contribution in [0.1, 0.15) is 39.5 Å². The Morgan fingerprint density at radius 2 is 1.62 bits per heavy atom. The number of hydrogen-bond acceptors (Lipinski definition) is 4. The van der Waals surface area contributed by atoms with Crippen LogP contribution >= 0.6 is 0 Å². The summed E-state index contributed by atoms with van der Waals surface area (Å²) in [5.74, 6) is 0.246. The van der Waals surface area contributed by atoms with Crippen molar-refractivity contribution in [2.24, 2.45) is 5.92 Å². The molecule has 0 aromatic carbocycles. The maximum Gasteiger partial charge on any atom is 0.159 e. The normalized spacial score (nSPS) is 17.3. The molecular formula is C24H39NO4. The first-order valence-electron chi connectivity index (χ1n) is 9.99. The molecule has 0 aromatic rings. The molecule has 0 aliphatic heterocycles.